The molecule has 1 aromatic carbocycles. The van der Waals surface area contributed by atoms with E-state index in [1.807, 2.05) is 6.92 Å². The maximum atomic E-state index is 15.0. The summed E-state index contributed by atoms with van der Waals surface area (Å²) in [6, 6.07) is 3.92. The first-order valence-electron chi connectivity index (χ1n) is 9.92. The Bertz CT molecular complexity index is 1130. The van der Waals surface area contributed by atoms with E-state index < -0.39 is 33.0 Å². The van der Waals surface area contributed by atoms with Crippen LogP contribution in [-0.2, 0) is 15.6 Å². The number of rotatable bonds is 7. The van der Waals surface area contributed by atoms with Gasteiger partial charge >= 0.3 is 0 Å². The van der Waals surface area contributed by atoms with Crippen molar-refractivity contribution in [1.82, 2.24) is 19.6 Å². The lowest BCUT2D eigenvalue weighted by molar-refractivity contribution is 0.102. The SMILES string of the molecule is CCCC[C@@]1(c2cc(NC(=O)c3cnc(OC)cn3)ccc2F)CS(=O)(=O)N(C)C(=N)N1. The molecule has 1 atom stereocenters. The fourth-order valence-corrected chi connectivity index (χ4v) is 5.00. The third kappa shape index (κ3) is 4.64. The molecule has 1 fully saturated rings. The van der Waals surface area contributed by atoms with Gasteiger partial charge in [0.05, 0.1) is 30.8 Å². The summed E-state index contributed by atoms with van der Waals surface area (Å²) < 4.78 is 46.1. The number of amides is 1. The summed E-state index contributed by atoms with van der Waals surface area (Å²) in [7, 11) is -1.14. The van der Waals surface area contributed by atoms with E-state index in [0.717, 1.165) is 16.8 Å². The second-order valence-corrected chi connectivity index (χ2v) is 9.48. The van der Waals surface area contributed by atoms with Gasteiger partial charge in [0.15, 0.2) is 0 Å². The Morgan fingerprint density at radius 3 is 2.72 bits per heavy atom. The van der Waals surface area contributed by atoms with Gasteiger partial charge in [0, 0.05) is 18.3 Å². The van der Waals surface area contributed by atoms with Gasteiger partial charge in [-0.05, 0) is 24.6 Å². The van der Waals surface area contributed by atoms with Crippen LogP contribution in [0.4, 0.5) is 10.1 Å². The Morgan fingerprint density at radius 2 is 2.12 bits per heavy atom. The number of hydrogen-bond acceptors (Lipinski definition) is 7. The molecule has 3 rings (SSSR count). The van der Waals surface area contributed by atoms with Gasteiger partial charge in [-0.15, -0.1) is 0 Å². The zero-order valence-corrected chi connectivity index (χ0v) is 18.8. The topological polar surface area (TPSA) is 137 Å². The molecule has 1 aromatic heterocycles. The first-order chi connectivity index (χ1) is 15.1. The molecule has 1 amide bonds. The summed E-state index contributed by atoms with van der Waals surface area (Å²) in [4.78, 5) is 20.4. The molecule has 2 aromatic rings. The van der Waals surface area contributed by atoms with Crippen molar-refractivity contribution < 1.29 is 22.3 Å². The van der Waals surface area contributed by atoms with Gasteiger partial charge in [-0.3, -0.25) is 10.2 Å². The molecule has 1 aliphatic rings. The van der Waals surface area contributed by atoms with Crippen LogP contribution in [0.15, 0.2) is 30.6 Å². The summed E-state index contributed by atoms with van der Waals surface area (Å²) in [5, 5.41) is 13.6. The van der Waals surface area contributed by atoms with E-state index in [-0.39, 0.29) is 35.2 Å². The van der Waals surface area contributed by atoms with E-state index in [4.69, 9.17) is 10.1 Å². The maximum absolute atomic E-state index is 15.0. The molecule has 0 saturated carbocycles. The number of methoxy groups -OCH3 is 1. The van der Waals surface area contributed by atoms with E-state index in [9.17, 15) is 17.6 Å². The minimum Gasteiger partial charge on any atom is -0.480 e. The van der Waals surface area contributed by atoms with E-state index in [0.29, 0.717) is 6.42 Å². The molecule has 0 unspecified atom stereocenters. The molecule has 0 radical (unpaired) electrons. The normalized spacial score (nSPS) is 19.9. The Kier molecular flexibility index (Phi) is 6.63. The van der Waals surface area contributed by atoms with Gasteiger partial charge in [0.25, 0.3) is 5.91 Å². The number of carbonyl (C=O) groups is 1. The van der Waals surface area contributed by atoms with E-state index in [1.165, 1.54) is 38.7 Å². The highest BCUT2D eigenvalue weighted by atomic mass is 32.2. The number of hydrogen-bond donors (Lipinski definition) is 3. The molecule has 1 aliphatic heterocycles. The third-order valence-electron chi connectivity index (χ3n) is 5.29. The summed E-state index contributed by atoms with van der Waals surface area (Å²) in [5.41, 5.74) is -1.00. The third-order valence-corrected chi connectivity index (χ3v) is 7.16. The molecule has 12 heteroatoms. The summed E-state index contributed by atoms with van der Waals surface area (Å²) in [6.07, 6.45) is 4.19. The standard InChI is InChI=1S/C20H25FN6O4S/c1-4-5-8-20(12-32(29,30)27(2)19(22)26-20)14-9-13(6-7-15(14)21)25-18(28)16-10-24-17(31-3)11-23-16/h6-7,9-11H,4-5,8,12H2,1-3H3,(H2,22,26)(H,25,28)/t20-/m0/s1. The zero-order valence-electron chi connectivity index (χ0n) is 18.0. The van der Waals surface area contributed by atoms with E-state index in [2.05, 4.69) is 20.6 Å². The lowest BCUT2D eigenvalue weighted by Crippen LogP contribution is -2.62. The van der Waals surface area contributed by atoms with E-state index in [1.54, 1.807) is 0 Å². The molecular weight excluding hydrogens is 439 g/mol. The number of ether oxygens (including phenoxy) is 1. The van der Waals surface area contributed by atoms with Gasteiger partial charge in [-0.25, -0.2) is 27.1 Å². The first kappa shape index (κ1) is 23.4. The van der Waals surface area contributed by atoms with Crippen molar-refractivity contribution in [3.05, 3.63) is 47.7 Å². The highest BCUT2D eigenvalue weighted by molar-refractivity contribution is 7.89. The number of guanidine groups is 1. The van der Waals surface area contributed by atoms with Crippen molar-refractivity contribution in [1.29, 1.82) is 5.41 Å². The van der Waals surface area contributed by atoms with Crippen LogP contribution in [0.2, 0.25) is 0 Å². The quantitative estimate of drug-likeness (QED) is 0.570. The van der Waals surface area contributed by atoms with Crippen molar-refractivity contribution in [2.45, 2.75) is 31.7 Å². The molecule has 0 aliphatic carbocycles. The molecule has 1 saturated heterocycles. The Morgan fingerprint density at radius 1 is 1.38 bits per heavy atom. The number of unbranched alkanes of at least 4 members (excludes halogenated alkanes) is 1. The Labute approximate surface area is 185 Å². The fourth-order valence-electron chi connectivity index (χ4n) is 3.49. The second-order valence-electron chi connectivity index (χ2n) is 7.48. The molecule has 32 heavy (non-hydrogen) atoms. The largest absolute Gasteiger partial charge is 0.480 e. The number of nitrogens with one attached hydrogen (secondary N) is 3. The number of aromatic nitrogens is 2. The number of anilines is 1. The number of halogens is 1. The van der Waals surface area contributed by atoms with Gasteiger partial charge in [-0.2, -0.15) is 0 Å². The van der Waals surface area contributed by atoms with Gasteiger partial charge in [0.2, 0.25) is 21.9 Å². The number of carbonyl (C=O) groups excluding carboxylic acids is 1. The smallest absolute Gasteiger partial charge is 0.275 e. The predicted octanol–water partition coefficient (Wildman–Crippen LogP) is 2.06. The van der Waals surface area contributed by atoms with Crippen LogP contribution in [0.5, 0.6) is 5.88 Å². The molecular formula is C20H25FN6O4S. The highest BCUT2D eigenvalue weighted by Crippen LogP contribution is 2.36. The van der Waals surface area contributed by atoms with Crippen LogP contribution in [0.25, 0.3) is 0 Å². The Balaban J connectivity index is 1.97. The molecule has 2 heterocycles. The van der Waals surface area contributed by atoms with Crippen molar-refractivity contribution >= 4 is 27.6 Å². The van der Waals surface area contributed by atoms with Gasteiger partial charge in [0.1, 0.15) is 11.5 Å². The van der Waals surface area contributed by atoms with Gasteiger partial charge in [-0.1, -0.05) is 19.8 Å². The molecule has 0 spiro atoms. The zero-order chi connectivity index (χ0) is 23.5. The molecule has 3 N–H and O–H groups in total. The van der Waals surface area contributed by atoms with Crippen molar-refractivity contribution in [2.75, 3.05) is 25.2 Å². The van der Waals surface area contributed by atoms with Crippen LogP contribution in [0, 0.1) is 11.2 Å². The van der Waals surface area contributed by atoms with E-state index >= 15 is 0 Å². The fraction of sp³-hybridized carbons (Fsp3) is 0.400. The van der Waals surface area contributed by atoms with Crippen LogP contribution in [-0.4, -0.2) is 54.5 Å². The molecule has 0 bridgehead atoms. The lowest BCUT2D eigenvalue weighted by atomic mass is 9.85. The van der Waals surface area contributed by atoms with Crippen LogP contribution >= 0.6 is 0 Å². The molecule has 10 nitrogen and oxygen atoms in total. The van der Waals surface area contributed by atoms with Gasteiger partial charge < -0.3 is 15.4 Å². The number of sulfonamides is 1. The average molecular weight is 465 g/mol. The summed E-state index contributed by atoms with van der Waals surface area (Å²) >= 11 is 0. The second kappa shape index (κ2) is 9.07. The van der Waals surface area contributed by atoms with Crippen molar-refractivity contribution in [2.24, 2.45) is 0 Å². The average Bonchev–Trinajstić information content (AvgIpc) is 2.77. The van der Waals surface area contributed by atoms with Crippen molar-refractivity contribution in [3.63, 3.8) is 0 Å². The Hall–Kier alpha value is -3.28. The minimum atomic E-state index is -3.84. The van der Waals surface area contributed by atoms with Crippen LogP contribution in [0.1, 0.15) is 42.2 Å². The van der Waals surface area contributed by atoms with Crippen LogP contribution < -0.4 is 15.4 Å². The predicted molar refractivity (Wildman–Crippen MR) is 117 cm³/mol. The first-order valence-corrected chi connectivity index (χ1v) is 11.5. The summed E-state index contributed by atoms with van der Waals surface area (Å²) in [6.45, 7) is 1.94. The monoisotopic (exact) mass is 464 g/mol. The number of benzene rings is 1. The number of nitrogens with zero attached hydrogens (tertiary/aromatic N) is 3. The minimum absolute atomic E-state index is 0.0270. The lowest BCUT2D eigenvalue weighted by Gasteiger charge is -2.43. The van der Waals surface area contributed by atoms with Crippen molar-refractivity contribution in [3.8, 4) is 5.88 Å². The maximum Gasteiger partial charge on any atom is 0.275 e. The van der Waals surface area contributed by atoms with Crippen LogP contribution in [0.3, 0.4) is 0 Å². The summed E-state index contributed by atoms with van der Waals surface area (Å²) in [5.74, 6) is -1.72. The highest BCUT2D eigenvalue weighted by Gasteiger charge is 2.46. The molecule has 172 valence electrons.